The molecule has 27 heavy (non-hydrogen) atoms. The quantitative estimate of drug-likeness (QED) is 0.536. The van der Waals surface area contributed by atoms with Gasteiger partial charge in [-0.2, -0.15) is 0 Å². The van der Waals surface area contributed by atoms with E-state index >= 15 is 0 Å². The van der Waals surface area contributed by atoms with Crippen LogP contribution in [0.2, 0.25) is 0 Å². The van der Waals surface area contributed by atoms with Gasteiger partial charge in [0.2, 0.25) is 0 Å². The third-order valence-corrected chi connectivity index (χ3v) is 6.08. The Kier molecular flexibility index (Phi) is 9.07. The highest BCUT2D eigenvalue weighted by Crippen LogP contribution is 2.34. The first kappa shape index (κ1) is 21.7. The van der Waals surface area contributed by atoms with Crippen molar-refractivity contribution in [1.29, 1.82) is 0 Å². The average Bonchev–Trinajstić information content (AvgIpc) is 3.14. The Bertz CT molecular complexity index is 643. The number of nitrogens with zero attached hydrogens (tertiary/aromatic N) is 2. The smallest absolute Gasteiger partial charge is 0.269 e. The number of hydrogen-bond acceptors (Lipinski definition) is 6. The minimum Gasteiger partial charge on any atom is -0.335 e. The van der Waals surface area contributed by atoms with Crippen molar-refractivity contribution in [1.82, 2.24) is 0 Å². The fraction of sp³-hybridized carbons (Fsp3) is 0.650. The number of benzene rings is 1. The zero-order valence-electron chi connectivity index (χ0n) is 16.4. The molecule has 0 radical (unpaired) electrons. The fourth-order valence-corrected chi connectivity index (χ4v) is 4.51. The molecule has 1 heterocycles. The minimum absolute atomic E-state index is 0.129. The maximum atomic E-state index is 10.8. The molecule has 0 amide bonds. The van der Waals surface area contributed by atoms with E-state index in [2.05, 4.69) is 12.2 Å². The van der Waals surface area contributed by atoms with E-state index in [0.29, 0.717) is 6.04 Å². The zero-order valence-corrected chi connectivity index (χ0v) is 17.3. The number of thioether (sulfide) groups is 1. The molecule has 1 fully saturated rings. The molecule has 1 aromatic carbocycles. The first-order valence-electron chi connectivity index (χ1n) is 9.97. The summed E-state index contributed by atoms with van der Waals surface area (Å²) in [4.78, 5) is 15.3. The van der Waals surface area contributed by atoms with Crippen molar-refractivity contribution in [2.24, 2.45) is 16.6 Å². The van der Waals surface area contributed by atoms with Crippen LogP contribution in [0.15, 0.2) is 23.2 Å². The van der Waals surface area contributed by atoms with Gasteiger partial charge in [-0.15, -0.1) is 0 Å². The van der Waals surface area contributed by atoms with E-state index in [1.165, 1.54) is 51.0 Å². The summed E-state index contributed by atoms with van der Waals surface area (Å²) in [6, 6.07) is 5.34. The monoisotopic (exact) mass is 392 g/mol. The van der Waals surface area contributed by atoms with Crippen LogP contribution in [0.5, 0.6) is 0 Å². The van der Waals surface area contributed by atoms with E-state index in [1.54, 1.807) is 23.9 Å². The molecular formula is C20H32N4O2S. The van der Waals surface area contributed by atoms with Crippen LogP contribution in [0.4, 0.5) is 11.4 Å². The molecule has 3 rings (SSSR count). The molecule has 0 spiro atoms. The van der Waals surface area contributed by atoms with Crippen molar-refractivity contribution >= 4 is 28.3 Å². The molecule has 150 valence electrons. The number of aryl methyl sites for hydroxylation is 1. The van der Waals surface area contributed by atoms with Gasteiger partial charge in [-0.1, -0.05) is 44.4 Å². The van der Waals surface area contributed by atoms with Crippen LogP contribution in [0.25, 0.3) is 0 Å². The predicted octanol–water partition coefficient (Wildman–Crippen LogP) is 5.11. The van der Waals surface area contributed by atoms with Gasteiger partial charge in [0, 0.05) is 23.6 Å². The van der Waals surface area contributed by atoms with Crippen molar-refractivity contribution in [3.63, 3.8) is 0 Å². The van der Waals surface area contributed by atoms with Crippen molar-refractivity contribution in [2.75, 3.05) is 17.6 Å². The highest BCUT2D eigenvalue weighted by molar-refractivity contribution is 8.14. The van der Waals surface area contributed by atoms with Crippen LogP contribution in [-0.4, -0.2) is 28.4 Å². The lowest BCUT2D eigenvalue weighted by Crippen LogP contribution is -2.21. The fourth-order valence-electron chi connectivity index (χ4n) is 3.44. The van der Waals surface area contributed by atoms with E-state index in [0.717, 1.165) is 34.6 Å². The van der Waals surface area contributed by atoms with Crippen LogP contribution >= 0.6 is 11.8 Å². The summed E-state index contributed by atoms with van der Waals surface area (Å²) in [5, 5.41) is 15.1. The molecule has 0 saturated heterocycles. The van der Waals surface area contributed by atoms with Gasteiger partial charge in [0.05, 0.1) is 11.0 Å². The van der Waals surface area contributed by atoms with Gasteiger partial charge in [-0.05, 0) is 50.3 Å². The third kappa shape index (κ3) is 6.81. The Hall–Kier alpha value is -1.60. The lowest BCUT2D eigenvalue weighted by atomic mass is 9.85. The summed E-state index contributed by atoms with van der Waals surface area (Å²) >= 11 is 1.76. The van der Waals surface area contributed by atoms with Crippen molar-refractivity contribution in [2.45, 2.75) is 64.8 Å². The second-order valence-corrected chi connectivity index (χ2v) is 8.24. The molecule has 3 N–H and O–H groups in total. The molecule has 0 aromatic heterocycles. The van der Waals surface area contributed by atoms with E-state index < -0.39 is 0 Å². The average molecular weight is 393 g/mol. The van der Waals surface area contributed by atoms with E-state index in [1.807, 2.05) is 6.92 Å². The number of amidine groups is 1. The SMILES string of the molecule is CCCCN.Cc1cc([N+](=O)[O-])ccc1NC1=NC(C2CCCCC2)CS1. The number of nitro benzene ring substituents is 1. The second kappa shape index (κ2) is 11.3. The molecule has 1 saturated carbocycles. The van der Waals surface area contributed by atoms with Crippen LogP contribution < -0.4 is 11.1 Å². The molecule has 1 aromatic rings. The van der Waals surface area contributed by atoms with Gasteiger partial charge in [-0.25, -0.2) is 0 Å². The highest BCUT2D eigenvalue weighted by Gasteiger charge is 2.28. The molecule has 1 aliphatic heterocycles. The molecule has 7 heteroatoms. The van der Waals surface area contributed by atoms with Crippen LogP contribution in [0, 0.1) is 23.0 Å². The van der Waals surface area contributed by atoms with Gasteiger partial charge in [-0.3, -0.25) is 15.1 Å². The second-order valence-electron chi connectivity index (χ2n) is 7.23. The zero-order chi connectivity index (χ0) is 19.6. The van der Waals surface area contributed by atoms with Gasteiger partial charge in [0.15, 0.2) is 5.17 Å². The molecule has 1 unspecified atom stereocenters. The van der Waals surface area contributed by atoms with Crippen LogP contribution in [0.3, 0.4) is 0 Å². The topological polar surface area (TPSA) is 93.5 Å². The Morgan fingerprint density at radius 2 is 2.07 bits per heavy atom. The summed E-state index contributed by atoms with van der Waals surface area (Å²) in [5.41, 5.74) is 7.05. The summed E-state index contributed by atoms with van der Waals surface area (Å²) in [5.74, 6) is 1.79. The Morgan fingerprint density at radius 1 is 1.33 bits per heavy atom. The molecule has 1 atom stereocenters. The molecule has 6 nitrogen and oxygen atoms in total. The van der Waals surface area contributed by atoms with E-state index in [4.69, 9.17) is 10.7 Å². The maximum absolute atomic E-state index is 10.8. The summed E-state index contributed by atoms with van der Waals surface area (Å²) in [6.07, 6.45) is 9.04. The Balaban J connectivity index is 0.000000465. The lowest BCUT2D eigenvalue weighted by molar-refractivity contribution is -0.384. The number of hydrogen-bond donors (Lipinski definition) is 2. The van der Waals surface area contributed by atoms with Crippen molar-refractivity contribution in [3.05, 3.63) is 33.9 Å². The van der Waals surface area contributed by atoms with Crippen LogP contribution in [-0.2, 0) is 0 Å². The number of nitrogens with two attached hydrogens (primary N) is 1. The minimum atomic E-state index is -0.363. The maximum Gasteiger partial charge on any atom is 0.269 e. The number of unbranched alkanes of at least 4 members (excludes halogenated alkanes) is 1. The van der Waals surface area contributed by atoms with Gasteiger partial charge >= 0.3 is 0 Å². The van der Waals surface area contributed by atoms with Gasteiger partial charge < -0.3 is 11.1 Å². The standard InChI is InChI=1S/C16H21N3O2S.C4H11N/c1-11-9-13(19(20)21)7-8-14(11)17-16-18-15(10-22-16)12-5-3-2-4-6-12;1-2-3-4-5/h7-9,12,15H,2-6,10H2,1H3,(H,17,18);2-5H2,1H3. The summed E-state index contributed by atoms with van der Waals surface area (Å²) in [6.45, 7) is 4.86. The normalized spacial score (nSPS) is 19.8. The summed E-state index contributed by atoms with van der Waals surface area (Å²) < 4.78 is 0. The number of non-ortho nitro benzene ring substituents is 1. The number of anilines is 1. The molecule has 1 aliphatic carbocycles. The number of aliphatic imine (C=N–C) groups is 1. The van der Waals surface area contributed by atoms with E-state index in [9.17, 15) is 10.1 Å². The van der Waals surface area contributed by atoms with E-state index in [-0.39, 0.29) is 10.6 Å². The van der Waals surface area contributed by atoms with Crippen LogP contribution in [0.1, 0.15) is 57.4 Å². The first-order chi connectivity index (χ1) is 13.0. The molecule has 0 bridgehead atoms. The third-order valence-electron chi connectivity index (χ3n) is 5.09. The largest absolute Gasteiger partial charge is 0.335 e. The number of nitrogens with one attached hydrogen (secondary N) is 1. The Morgan fingerprint density at radius 3 is 2.63 bits per heavy atom. The van der Waals surface area contributed by atoms with Crippen molar-refractivity contribution < 1.29 is 4.92 Å². The highest BCUT2D eigenvalue weighted by atomic mass is 32.2. The lowest BCUT2D eigenvalue weighted by Gasteiger charge is -2.24. The molecular weight excluding hydrogens is 360 g/mol. The molecule has 2 aliphatic rings. The van der Waals surface area contributed by atoms with Crippen molar-refractivity contribution in [3.8, 4) is 0 Å². The Labute approximate surface area is 166 Å². The predicted molar refractivity (Wildman–Crippen MR) is 116 cm³/mol. The number of nitro groups is 1. The summed E-state index contributed by atoms with van der Waals surface area (Å²) in [7, 11) is 0. The van der Waals surface area contributed by atoms with Gasteiger partial charge in [0.1, 0.15) is 0 Å². The first-order valence-corrected chi connectivity index (χ1v) is 11.0. The van der Waals surface area contributed by atoms with Gasteiger partial charge in [0.25, 0.3) is 5.69 Å². The number of rotatable bonds is 5.